The van der Waals surface area contributed by atoms with E-state index in [1.165, 1.54) is 24.5 Å². The topological polar surface area (TPSA) is 92.5 Å². The molecule has 0 saturated heterocycles. The average Bonchev–Trinajstić information content (AvgIpc) is 3.13. The van der Waals surface area contributed by atoms with Crippen LogP contribution in [-0.2, 0) is 21.4 Å². The molecule has 0 fully saturated rings. The fourth-order valence-corrected chi connectivity index (χ4v) is 3.36. The van der Waals surface area contributed by atoms with E-state index in [0.29, 0.717) is 11.6 Å². The number of hydrogen-bond acceptors (Lipinski definition) is 5. The molecule has 7 nitrogen and oxygen atoms in total. The first-order valence-electron chi connectivity index (χ1n) is 8.33. The summed E-state index contributed by atoms with van der Waals surface area (Å²) in [5.74, 6) is -0.732. The van der Waals surface area contributed by atoms with Crippen molar-refractivity contribution in [2.24, 2.45) is 0 Å². The second-order valence-electron chi connectivity index (χ2n) is 6.04. The van der Waals surface area contributed by atoms with Gasteiger partial charge in [0.25, 0.3) is 0 Å². The number of halogens is 1. The Labute approximate surface area is 161 Å². The van der Waals surface area contributed by atoms with Gasteiger partial charge in [0.2, 0.25) is 21.8 Å². The van der Waals surface area contributed by atoms with E-state index in [9.17, 15) is 17.6 Å². The highest BCUT2D eigenvalue weighted by Gasteiger charge is 2.21. The maximum atomic E-state index is 13.4. The smallest absolute Gasteiger partial charge is 0.241 e. The third-order valence-electron chi connectivity index (χ3n) is 3.82. The minimum atomic E-state index is -3.77. The van der Waals surface area contributed by atoms with Gasteiger partial charge in [-0.3, -0.25) is 9.10 Å². The molecule has 1 amide bonds. The van der Waals surface area contributed by atoms with Crippen molar-refractivity contribution in [2.75, 3.05) is 17.1 Å². The lowest BCUT2D eigenvalue weighted by molar-refractivity contribution is -0.119. The number of aromatic nitrogens is 1. The molecular formula is C19H18FN3O4S. The van der Waals surface area contributed by atoms with Crippen molar-refractivity contribution in [3.63, 3.8) is 0 Å². The Hall–Kier alpha value is -3.20. The normalized spacial score (nSPS) is 11.2. The molecule has 146 valence electrons. The van der Waals surface area contributed by atoms with Gasteiger partial charge in [-0.25, -0.2) is 17.8 Å². The SMILES string of the molecule is CS(=O)(=O)N(CC(=O)NCc1coc(-c2ccccc2)n1)c1cccc(F)c1. The third kappa shape index (κ3) is 4.95. The molecular weight excluding hydrogens is 385 g/mol. The van der Waals surface area contributed by atoms with Crippen LogP contribution in [0, 0.1) is 5.82 Å². The lowest BCUT2D eigenvalue weighted by atomic mass is 10.2. The highest BCUT2D eigenvalue weighted by molar-refractivity contribution is 7.92. The molecule has 0 bridgehead atoms. The molecule has 9 heteroatoms. The van der Waals surface area contributed by atoms with E-state index < -0.39 is 28.3 Å². The van der Waals surface area contributed by atoms with Gasteiger partial charge in [-0.2, -0.15) is 0 Å². The lowest BCUT2D eigenvalue weighted by Gasteiger charge is -2.21. The van der Waals surface area contributed by atoms with Gasteiger partial charge in [0.15, 0.2) is 0 Å². The van der Waals surface area contributed by atoms with E-state index in [2.05, 4.69) is 10.3 Å². The Balaban J connectivity index is 1.65. The number of benzene rings is 2. The zero-order valence-corrected chi connectivity index (χ0v) is 15.8. The van der Waals surface area contributed by atoms with E-state index in [0.717, 1.165) is 22.2 Å². The van der Waals surface area contributed by atoms with Crippen LogP contribution in [0.5, 0.6) is 0 Å². The molecule has 0 unspecified atom stereocenters. The minimum Gasteiger partial charge on any atom is -0.444 e. The molecule has 0 radical (unpaired) electrons. The predicted molar refractivity (Wildman–Crippen MR) is 102 cm³/mol. The van der Waals surface area contributed by atoms with Gasteiger partial charge in [0.05, 0.1) is 24.2 Å². The van der Waals surface area contributed by atoms with E-state index >= 15 is 0 Å². The second-order valence-corrected chi connectivity index (χ2v) is 7.94. The van der Waals surface area contributed by atoms with E-state index in [-0.39, 0.29) is 12.2 Å². The minimum absolute atomic E-state index is 0.0654. The summed E-state index contributed by atoms with van der Waals surface area (Å²) in [5.41, 5.74) is 1.36. The number of amides is 1. The number of carbonyl (C=O) groups excluding carboxylic acids is 1. The average molecular weight is 403 g/mol. The Morgan fingerprint density at radius 3 is 2.61 bits per heavy atom. The maximum absolute atomic E-state index is 13.4. The standard InChI is InChI=1S/C19H18FN3O4S/c1-28(25,26)23(17-9-5-8-15(20)10-17)12-18(24)21-11-16-13-27-19(22-16)14-6-3-2-4-7-14/h2-10,13H,11-12H2,1H3,(H,21,24). The maximum Gasteiger partial charge on any atom is 0.241 e. The van der Waals surface area contributed by atoms with Crippen LogP contribution in [0.2, 0.25) is 0 Å². The fourth-order valence-electron chi connectivity index (χ4n) is 2.51. The summed E-state index contributed by atoms with van der Waals surface area (Å²) in [6.45, 7) is -0.415. The van der Waals surface area contributed by atoms with Gasteiger partial charge >= 0.3 is 0 Å². The summed E-state index contributed by atoms with van der Waals surface area (Å²) in [4.78, 5) is 16.5. The lowest BCUT2D eigenvalue weighted by Crippen LogP contribution is -2.40. The van der Waals surface area contributed by atoms with Crippen LogP contribution in [0.25, 0.3) is 11.5 Å². The predicted octanol–water partition coefficient (Wildman–Crippen LogP) is 2.56. The Kier molecular flexibility index (Phi) is 5.74. The summed E-state index contributed by atoms with van der Waals surface area (Å²) in [5, 5.41) is 2.59. The first-order chi connectivity index (χ1) is 13.3. The summed E-state index contributed by atoms with van der Waals surface area (Å²) >= 11 is 0. The van der Waals surface area contributed by atoms with Crippen LogP contribution >= 0.6 is 0 Å². The number of sulfonamides is 1. The van der Waals surface area contributed by atoms with Crippen molar-refractivity contribution >= 4 is 21.6 Å². The second kappa shape index (κ2) is 8.22. The van der Waals surface area contributed by atoms with Crippen molar-refractivity contribution in [3.05, 3.63) is 72.4 Å². The van der Waals surface area contributed by atoms with Crippen LogP contribution in [0.4, 0.5) is 10.1 Å². The number of nitrogens with one attached hydrogen (secondary N) is 1. The van der Waals surface area contributed by atoms with Gasteiger partial charge in [-0.15, -0.1) is 0 Å². The van der Waals surface area contributed by atoms with Crippen LogP contribution < -0.4 is 9.62 Å². The van der Waals surface area contributed by atoms with Gasteiger partial charge in [0, 0.05) is 5.56 Å². The zero-order chi connectivity index (χ0) is 20.1. The molecule has 0 saturated carbocycles. The molecule has 3 aromatic rings. The molecule has 3 rings (SSSR count). The monoisotopic (exact) mass is 403 g/mol. The molecule has 0 aliphatic carbocycles. The third-order valence-corrected chi connectivity index (χ3v) is 4.96. The van der Waals surface area contributed by atoms with Crippen molar-refractivity contribution in [1.29, 1.82) is 0 Å². The Morgan fingerprint density at radius 2 is 1.93 bits per heavy atom. The van der Waals surface area contributed by atoms with Crippen molar-refractivity contribution < 1.29 is 22.0 Å². The molecule has 0 aliphatic rings. The summed E-state index contributed by atoms with van der Waals surface area (Å²) in [6, 6.07) is 14.3. The number of carbonyl (C=O) groups is 1. The molecule has 2 aromatic carbocycles. The molecule has 28 heavy (non-hydrogen) atoms. The Morgan fingerprint density at radius 1 is 1.18 bits per heavy atom. The van der Waals surface area contributed by atoms with Gasteiger partial charge in [0.1, 0.15) is 18.6 Å². The van der Waals surface area contributed by atoms with E-state index in [1.807, 2.05) is 30.3 Å². The van der Waals surface area contributed by atoms with Gasteiger partial charge in [-0.05, 0) is 30.3 Å². The number of nitrogens with zero attached hydrogens (tertiary/aromatic N) is 2. The highest BCUT2D eigenvalue weighted by Crippen LogP contribution is 2.19. The van der Waals surface area contributed by atoms with E-state index in [4.69, 9.17) is 4.42 Å². The van der Waals surface area contributed by atoms with Crippen LogP contribution in [-0.4, -0.2) is 32.1 Å². The van der Waals surface area contributed by atoms with Crippen LogP contribution in [0.1, 0.15) is 5.69 Å². The van der Waals surface area contributed by atoms with Crippen molar-refractivity contribution in [3.8, 4) is 11.5 Å². The molecule has 0 aliphatic heterocycles. The molecule has 1 aromatic heterocycles. The van der Waals surface area contributed by atoms with Crippen LogP contribution in [0.3, 0.4) is 0 Å². The quantitative estimate of drug-likeness (QED) is 0.655. The number of hydrogen-bond donors (Lipinski definition) is 1. The van der Waals surface area contributed by atoms with Gasteiger partial charge in [-0.1, -0.05) is 24.3 Å². The fraction of sp³-hybridized carbons (Fsp3) is 0.158. The number of rotatable bonds is 7. The summed E-state index contributed by atoms with van der Waals surface area (Å²) < 4.78 is 43.7. The summed E-state index contributed by atoms with van der Waals surface area (Å²) in [7, 11) is -3.77. The first kappa shape index (κ1) is 19.6. The van der Waals surface area contributed by atoms with Crippen molar-refractivity contribution in [1.82, 2.24) is 10.3 Å². The van der Waals surface area contributed by atoms with Crippen molar-refractivity contribution in [2.45, 2.75) is 6.54 Å². The largest absolute Gasteiger partial charge is 0.444 e. The molecule has 0 spiro atoms. The number of anilines is 1. The molecule has 1 N–H and O–H groups in total. The Bertz CT molecular complexity index is 1070. The summed E-state index contributed by atoms with van der Waals surface area (Å²) in [6.07, 6.45) is 2.37. The number of oxazole rings is 1. The van der Waals surface area contributed by atoms with Gasteiger partial charge < -0.3 is 9.73 Å². The molecule has 1 heterocycles. The van der Waals surface area contributed by atoms with Crippen LogP contribution in [0.15, 0.2) is 65.3 Å². The van der Waals surface area contributed by atoms with E-state index in [1.54, 1.807) is 0 Å². The molecule has 0 atom stereocenters. The zero-order valence-electron chi connectivity index (χ0n) is 15.0. The highest BCUT2D eigenvalue weighted by atomic mass is 32.2. The first-order valence-corrected chi connectivity index (χ1v) is 10.2.